The number of aryl methyl sites for hydroxylation is 1. The van der Waals surface area contributed by atoms with Crippen molar-refractivity contribution in [1.29, 1.82) is 0 Å². The monoisotopic (exact) mass is 399 g/mol. The molecule has 0 spiro atoms. The Bertz CT molecular complexity index is 878. The van der Waals surface area contributed by atoms with Gasteiger partial charge in [0.15, 0.2) is 11.5 Å². The van der Waals surface area contributed by atoms with E-state index in [0.717, 1.165) is 48.7 Å². The van der Waals surface area contributed by atoms with Crippen LogP contribution in [0.15, 0.2) is 30.3 Å². The first-order valence-electron chi connectivity index (χ1n) is 9.91. The molecule has 0 fully saturated rings. The average Bonchev–Trinajstić information content (AvgIpc) is 3.34. The van der Waals surface area contributed by atoms with Crippen LogP contribution in [0.2, 0.25) is 0 Å². The maximum Gasteiger partial charge on any atom is 0.303 e. The van der Waals surface area contributed by atoms with Crippen molar-refractivity contribution in [3.8, 4) is 17.2 Å². The molecule has 0 bridgehead atoms. The molecule has 6 nitrogen and oxygen atoms in total. The smallest absolute Gasteiger partial charge is 0.303 e. The van der Waals surface area contributed by atoms with Crippen molar-refractivity contribution >= 4 is 5.97 Å². The second-order valence-corrected chi connectivity index (χ2v) is 7.45. The van der Waals surface area contributed by atoms with Crippen LogP contribution in [0.25, 0.3) is 0 Å². The molecule has 0 radical (unpaired) electrons. The van der Waals surface area contributed by atoms with Gasteiger partial charge in [0.1, 0.15) is 5.75 Å². The standard InChI is InChI=1S/C13H14O3.C10H15NO2/c14-12(15)7-9-2-1-8-3-4-11-10(13(8)9)5-6-16-11;1-7(11)8-4-5-9(12-2)10(6-8)13-3/h3-4,9H,1-2,5-7H2,(H,14,15);4-7H,11H2,1-3H3/t9-;7-/m01/s1. The summed E-state index contributed by atoms with van der Waals surface area (Å²) in [4.78, 5) is 10.8. The molecule has 156 valence electrons. The van der Waals surface area contributed by atoms with Crippen LogP contribution in [0, 0.1) is 0 Å². The van der Waals surface area contributed by atoms with Crippen LogP contribution in [-0.2, 0) is 17.6 Å². The highest BCUT2D eigenvalue weighted by Crippen LogP contribution is 2.43. The Morgan fingerprint density at radius 2 is 1.97 bits per heavy atom. The maximum atomic E-state index is 10.8. The molecule has 1 heterocycles. The van der Waals surface area contributed by atoms with E-state index < -0.39 is 5.97 Å². The summed E-state index contributed by atoms with van der Waals surface area (Å²) < 4.78 is 15.8. The van der Waals surface area contributed by atoms with Gasteiger partial charge in [0.05, 0.1) is 27.2 Å². The fourth-order valence-electron chi connectivity index (χ4n) is 4.10. The number of hydrogen-bond donors (Lipinski definition) is 2. The van der Waals surface area contributed by atoms with Gasteiger partial charge in [0, 0.05) is 18.0 Å². The van der Waals surface area contributed by atoms with Gasteiger partial charge in [0.25, 0.3) is 0 Å². The van der Waals surface area contributed by atoms with Crippen LogP contribution >= 0.6 is 0 Å². The number of carboxylic acids is 1. The number of fused-ring (bicyclic) bond motifs is 3. The molecular weight excluding hydrogens is 370 g/mol. The average molecular weight is 399 g/mol. The Hall–Kier alpha value is -2.73. The SMILES string of the molecule is COc1ccc([C@@H](C)N)cc1OC.O=C(O)C[C@@H]1CCc2ccc3c(c21)CCO3. The van der Waals surface area contributed by atoms with Gasteiger partial charge in [0.2, 0.25) is 0 Å². The molecule has 3 N–H and O–H groups in total. The van der Waals surface area contributed by atoms with E-state index in [1.54, 1.807) is 14.2 Å². The third-order valence-electron chi connectivity index (χ3n) is 5.54. The van der Waals surface area contributed by atoms with Crippen molar-refractivity contribution in [2.24, 2.45) is 5.73 Å². The van der Waals surface area contributed by atoms with Gasteiger partial charge in [-0.3, -0.25) is 4.79 Å². The summed E-state index contributed by atoms with van der Waals surface area (Å²) in [7, 11) is 3.23. The number of carbonyl (C=O) groups is 1. The molecule has 0 amide bonds. The second kappa shape index (κ2) is 9.18. The number of hydrogen-bond acceptors (Lipinski definition) is 5. The summed E-state index contributed by atoms with van der Waals surface area (Å²) >= 11 is 0. The first-order valence-corrected chi connectivity index (χ1v) is 9.91. The van der Waals surface area contributed by atoms with Crippen molar-refractivity contribution in [2.75, 3.05) is 20.8 Å². The van der Waals surface area contributed by atoms with Crippen molar-refractivity contribution in [3.63, 3.8) is 0 Å². The molecule has 2 atom stereocenters. The minimum absolute atomic E-state index is 0.0137. The van der Waals surface area contributed by atoms with E-state index in [4.69, 9.17) is 25.1 Å². The van der Waals surface area contributed by atoms with Gasteiger partial charge >= 0.3 is 5.97 Å². The molecule has 2 aromatic carbocycles. The van der Waals surface area contributed by atoms with E-state index in [0.29, 0.717) is 0 Å². The van der Waals surface area contributed by atoms with E-state index in [-0.39, 0.29) is 18.4 Å². The highest BCUT2D eigenvalue weighted by atomic mass is 16.5. The number of carboxylic acid groups (broad SMARTS) is 1. The zero-order valence-electron chi connectivity index (χ0n) is 17.2. The van der Waals surface area contributed by atoms with Crippen molar-refractivity contribution < 1.29 is 24.1 Å². The van der Waals surface area contributed by atoms with E-state index in [2.05, 4.69) is 6.07 Å². The third kappa shape index (κ3) is 4.65. The molecule has 0 unspecified atom stereocenters. The predicted molar refractivity (Wildman–Crippen MR) is 111 cm³/mol. The third-order valence-corrected chi connectivity index (χ3v) is 5.54. The summed E-state index contributed by atoms with van der Waals surface area (Å²) in [5, 5.41) is 8.92. The second-order valence-electron chi connectivity index (χ2n) is 7.45. The quantitative estimate of drug-likeness (QED) is 0.794. The minimum Gasteiger partial charge on any atom is -0.493 e. The molecule has 0 saturated carbocycles. The van der Waals surface area contributed by atoms with Crippen LogP contribution in [0.1, 0.15) is 54.0 Å². The summed E-state index contributed by atoms with van der Waals surface area (Å²) in [5.41, 5.74) is 10.6. The molecular formula is C23H29NO5. The molecule has 0 aromatic heterocycles. The Morgan fingerprint density at radius 3 is 2.62 bits per heavy atom. The normalized spacial score (nSPS) is 17.3. The fraction of sp³-hybridized carbons (Fsp3) is 0.435. The number of nitrogens with two attached hydrogens (primary N) is 1. The molecule has 2 aromatic rings. The van der Waals surface area contributed by atoms with Crippen molar-refractivity contribution in [1.82, 2.24) is 0 Å². The lowest BCUT2D eigenvalue weighted by molar-refractivity contribution is -0.137. The molecule has 1 aliphatic carbocycles. The fourth-order valence-corrected chi connectivity index (χ4v) is 4.10. The number of ether oxygens (including phenoxy) is 3. The van der Waals surface area contributed by atoms with E-state index in [9.17, 15) is 4.79 Å². The van der Waals surface area contributed by atoms with Crippen LogP contribution < -0.4 is 19.9 Å². The maximum absolute atomic E-state index is 10.8. The van der Waals surface area contributed by atoms with Crippen molar-refractivity contribution in [3.05, 3.63) is 52.6 Å². The molecule has 1 aliphatic heterocycles. The molecule has 29 heavy (non-hydrogen) atoms. The largest absolute Gasteiger partial charge is 0.493 e. The van der Waals surface area contributed by atoms with Gasteiger partial charge < -0.3 is 25.1 Å². The lowest BCUT2D eigenvalue weighted by Crippen LogP contribution is -2.05. The first-order chi connectivity index (χ1) is 13.9. The highest BCUT2D eigenvalue weighted by molar-refractivity contribution is 5.69. The van der Waals surface area contributed by atoms with Gasteiger partial charge in [-0.1, -0.05) is 12.1 Å². The van der Waals surface area contributed by atoms with Crippen LogP contribution in [0.5, 0.6) is 17.2 Å². The van der Waals surface area contributed by atoms with Crippen LogP contribution in [0.4, 0.5) is 0 Å². The zero-order valence-corrected chi connectivity index (χ0v) is 17.2. The van der Waals surface area contributed by atoms with Gasteiger partial charge in [-0.15, -0.1) is 0 Å². The molecule has 0 saturated heterocycles. The van der Waals surface area contributed by atoms with E-state index >= 15 is 0 Å². The van der Waals surface area contributed by atoms with Gasteiger partial charge in [-0.2, -0.15) is 0 Å². The van der Waals surface area contributed by atoms with E-state index in [1.807, 2.05) is 31.2 Å². The summed E-state index contributed by atoms with van der Waals surface area (Å²) in [6, 6.07) is 9.83. The molecule has 4 rings (SSSR count). The lowest BCUT2D eigenvalue weighted by atomic mass is 9.92. The van der Waals surface area contributed by atoms with E-state index in [1.165, 1.54) is 16.7 Å². The predicted octanol–water partition coefficient (Wildman–Crippen LogP) is 3.85. The zero-order chi connectivity index (χ0) is 21.0. The molecule has 2 aliphatic rings. The minimum atomic E-state index is -0.700. The van der Waals surface area contributed by atoms with Crippen molar-refractivity contribution in [2.45, 2.75) is 44.6 Å². The summed E-state index contributed by atoms with van der Waals surface area (Å²) in [6.45, 7) is 2.67. The lowest BCUT2D eigenvalue weighted by Gasteiger charge is -2.12. The van der Waals surface area contributed by atoms with Gasteiger partial charge in [-0.05, 0) is 60.6 Å². The summed E-state index contributed by atoms with van der Waals surface area (Å²) in [6.07, 6.45) is 3.18. The Kier molecular flexibility index (Phi) is 6.64. The van der Waals surface area contributed by atoms with Crippen LogP contribution in [-0.4, -0.2) is 31.9 Å². The summed E-state index contributed by atoms with van der Waals surface area (Å²) in [5.74, 6) is 1.92. The Morgan fingerprint density at radius 1 is 1.21 bits per heavy atom. The highest BCUT2D eigenvalue weighted by Gasteiger charge is 2.30. The molecule has 6 heteroatoms. The topological polar surface area (TPSA) is 91.0 Å². The van der Waals surface area contributed by atoms with Gasteiger partial charge in [-0.25, -0.2) is 0 Å². The number of benzene rings is 2. The Balaban J connectivity index is 0.000000170. The van der Waals surface area contributed by atoms with Crippen LogP contribution in [0.3, 0.4) is 0 Å². The first kappa shape index (κ1) is 21.0. The Labute approximate surface area is 171 Å². The number of rotatable bonds is 5. The number of methoxy groups -OCH3 is 2. The number of aliphatic carboxylic acids is 1.